The van der Waals surface area contributed by atoms with Crippen molar-refractivity contribution in [1.82, 2.24) is 19.1 Å². The van der Waals surface area contributed by atoms with Gasteiger partial charge in [-0.2, -0.15) is 0 Å². The third-order valence-electron chi connectivity index (χ3n) is 3.64. The monoisotopic (exact) mass is 340 g/mol. The Morgan fingerprint density at radius 1 is 1.43 bits per heavy atom. The highest BCUT2D eigenvalue weighted by Gasteiger charge is 2.31. The van der Waals surface area contributed by atoms with Crippen molar-refractivity contribution in [3.05, 3.63) is 28.9 Å². The molecule has 8 nitrogen and oxygen atoms in total. The summed E-state index contributed by atoms with van der Waals surface area (Å²) in [7, 11) is -3.28. The molecular weight excluding hydrogens is 320 g/mol. The fraction of sp³-hybridized carbons (Fsp3) is 0.571. The molecule has 2 heterocycles. The van der Waals surface area contributed by atoms with E-state index in [9.17, 15) is 13.2 Å². The van der Waals surface area contributed by atoms with Crippen molar-refractivity contribution in [2.45, 2.75) is 38.8 Å². The fourth-order valence-corrected chi connectivity index (χ4v) is 3.53. The molecule has 1 aliphatic rings. The quantitative estimate of drug-likeness (QED) is 0.772. The average molecular weight is 340 g/mol. The Morgan fingerprint density at radius 2 is 2.22 bits per heavy atom. The van der Waals surface area contributed by atoms with Crippen molar-refractivity contribution in [3.8, 4) is 11.6 Å². The second-order valence-electron chi connectivity index (χ2n) is 5.62. The predicted octanol–water partition coefficient (Wildman–Crippen LogP) is 0.969. The summed E-state index contributed by atoms with van der Waals surface area (Å²) in [6, 6.07) is 3.66. The van der Waals surface area contributed by atoms with Gasteiger partial charge in [-0.05, 0) is 31.4 Å². The largest absolute Gasteiger partial charge is 0.461 e. The molecule has 0 radical (unpaired) electrons. The van der Waals surface area contributed by atoms with Crippen LogP contribution in [0.5, 0.6) is 0 Å². The molecule has 9 heteroatoms. The van der Waals surface area contributed by atoms with Gasteiger partial charge in [0.05, 0.1) is 18.6 Å². The Labute approximate surface area is 134 Å². The van der Waals surface area contributed by atoms with Gasteiger partial charge in [-0.3, -0.25) is 4.57 Å². The van der Waals surface area contributed by atoms with Crippen LogP contribution in [-0.4, -0.2) is 35.1 Å². The number of furan rings is 1. The first kappa shape index (κ1) is 16.0. The average Bonchev–Trinajstić information content (AvgIpc) is 3.07. The van der Waals surface area contributed by atoms with E-state index >= 15 is 0 Å². The van der Waals surface area contributed by atoms with Crippen molar-refractivity contribution in [2.75, 3.05) is 12.3 Å². The maximum atomic E-state index is 12.5. The fourth-order valence-electron chi connectivity index (χ4n) is 2.45. The molecule has 0 spiro atoms. The number of hydrogen-bond acceptors (Lipinski definition) is 5. The summed E-state index contributed by atoms with van der Waals surface area (Å²) in [6.45, 7) is 2.13. The highest BCUT2D eigenvalue weighted by molar-refractivity contribution is 7.89. The van der Waals surface area contributed by atoms with Crippen molar-refractivity contribution in [1.29, 1.82) is 0 Å². The Kier molecular flexibility index (Phi) is 4.40. The molecule has 0 saturated heterocycles. The van der Waals surface area contributed by atoms with Crippen molar-refractivity contribution < 1.29 is 12.8 Å². The van der Waals surface area contributed by atoms with Crippen LogP contribution in [0.4, 0.5) is 0 Å². The third-order valence-corrected chi connectivity index (χ3v) is 5.23. The Balaban J connectivity index is 1.78. The molecule has 126 valence electrons. The van der Waals surface area contributed by atoms with Gasteiger partial charge in [-0.15, -0.1) is 5.10 Å². The number of aromatic nitrogens is 3. The first-order valence-corrected chi connectivity index (χ1v) is 9.37. The van der Waals surface area contributed by atoms with E-state index in [4.69, 9.17) is 4.42 Å². The molecular formula is C14H20N4O4S. The number of sulfonamides is 1. The first-order chi connectivity index (χ1) is 11.0. The van der Waals surface area contributed by atoms with E-state index in [-0.39, 0.29) is 30.6 Å². The van der Waals surface area contributed by atoms with E-state index in [1.807, 2.05) is 0 Å². The number of nitrogens with zero attached hydrogens (tertiary/aromatic N) is 3. The summed E-state index contributed by atoms with van der Waals surface area (Å²) in [4.78, 5) is 12.5. The smallest absolute Gasteiger partial charge is 0.346 e. The molecule has 2 aromatic heterocycles. The summed E-state index contributed by atoms with van der Waals surface area (Å²) in [5, 5.41) is 4.32. The zero-order chi connectivity index (χ0) is 16.4. The normalized spacial score (nSPS) is 15.2. The van der Waals surface area contributed by atoms with Crippen LogP contribution in [0.25, 0.3) is 11.6 Å². The molecule has 1 fully saturated rings. The van der Waals surface area contributed by atoms with Gasteiger partial charge in [-0.25, -0.2) is 22.6 Å². The highest BCUT2D eigenvalue weighted by atomic mass is 32.2. The summed E-state index contributed by atoms with van der Waals surface area (Å²) < 4.78 is 34.1. The van der Waals surface area contributed by atoms with E-state index in [2.05, 4.69) is 9.82 Å². The van der Waals surface area contributed by atoms with Crippen LogP contribution < -0.4 is 10.4 Å². The molecule has 23 heavy (non-hydrogen) atoms. The lowest BCUT2D eigenvalue weighted by molar-refractivity contribution is 0.546. The van der Waals surface area contributed by atoms with Gasteiger partial charge in [0.25, 0.3) is 0 Å². The Hall–Kier alpha value is -1.87. The molecule has 0 aliphatic heterocycles. The van der Waals surface area contributed by atoms with Crippen molar-refractivity contribution >= 4 is 10.0 Å². The van der Waals surface area contributed by atoms with Crippen LogP contribution in [0.15, 0.2) is 27.6 Å². The molecule has 0 bridgehead atoms. The molecule has 0 aromatic carbocycles. The van der Waals surface area contributed by atoms with Crippen LogP contribution in [0.3, 0.4) is 0 Å². The van der Waals surface area contributed by atoms with Crippen LogP contribution in [0, 0.1) is 0 Å². The standard InChI is InChI=1S/C14H20N4O4S/c1-2-10-23(20,21)15-7-8-17-14(19)18(11-5-6-11)13(16-17)12-4-3-9-22-12/h3-4,9,11,15H,2,5-8,10H2,1H3. The van der Waals surface area contributed by atoms with E-state index in [0.29, 0.717) is 18.0 Å². The molecule has 0 unspecified atom stereocenters. The zero-order valence-electron chi connectivity index (χ0n) is 12.9. The topological polar surface area (TPSA) is 99.1 Å². The zero-order valence-corrected chi connectivity index (χ0v) is 13.8. The molecule has 1 saturated carbocycles. The Morgan fingerprint density at radius 3 is 2.83 bits per heavy atom. The third kappa shape index (κ3) is 3.56. The van der Waals surface area contributed by atoms with Crippen LogP contribution in [0.1, 0.15) is 32.2 Å². The predicted molar refractivity (Wildman–Crippen MR) is 84.5 cm³/mol. The second-order valence-corrected chi connectivity index (χ2v) is 7.55. The van der Waals surface area contributed by atoms with Gasteiger partial charge in [0, 0.05) is 12.6 Å². The molecule has 0 amide bonds. The van der Waals surface area contributed by atoms with Gasteiger partial charge in [0.15, 0.2) is 5.76 Å². The van der Waals surface area contributed by atoms with E-state index in [1.54, 1.807) is 23.6 Å². The van der Waals surface area contributed by atoms with Gasteiger partial charge < -0.3 is 4.42 Å². The van der Waals surface area contributed by atoms with E-state index in [1.165, 1.54) is 10.9 Å². The number of nitrogens with one attached hydrogen (secondary N) is 1. The van der Waals surface area contributed by atoms with Gasteiger partial charge in [0.1, 0.15) is 0 Å². The summed E-state index contributed by atoms with van der Waals surface area (Å²) in [5.74, 6) is 1.12. The van der Waals surface area contributed by atoms with Crippen LogP contribution >= 0.6 is 0 Å². The highest BCUT2D eigenvalue weighted by Crippen LogP contribution is 2.36. The summed E-state index contributed by atoms with van der Waals surface area (Å²) in [5.41, 5.74) is -0.228. The van der Waals surface area contributed by atoms with Crippen molar-refractivity contribution in [3.63, 3.8) is 0 Å². The maximum Gasteiger partial charge on any atom is 0.346 e. The second kappa shape index (κ2) is 6.32. The van der Waals surface area contributed by atoms with Gasteiger partial charge in [0.2, 0.25) is 15.8 Å². The minimum Gasteiger partial charge on any atom is -0.461 e. The van der Waals surface area contributed by atoms with Crippen molar-refractivity contribution in [2.24, 2.45) is 0 Å². The number of hydrogen-bond donors (Lipinski definition) is 1. The maximum absolute atomic E-state index is 12.5. The van der Waals surface area contributed by atoms with E-state index < -0.39 is 10.0 Å². The SMILES string of the molecule is CCCS(=O)(=O)NCCn1nc(-c2ccco2)n(C2CC2)c1=O. The van der Waals surface area contributed by atoms with Crippen LogP contribution in [0.2, 0.25) is 0 Å². The summed E-state index contributed by atoms with van der Waals surface area (Å²) in [6.07, 6.45) is 3.98. The molecule has 3 rings (SSSR count). The molecule has 0 atom stereocenters. The van der Waals surface area contributed by atoms with Crippen LogP contribution in [-0.2, 0) is 16.6 Å². The lowest BCUT2D eigenvalue weighted by atomic mass is 10.4. The number of rotatable bonds is 8. The molecule has 2 aromatic rings. The summed E-state index contributed by atoms with van der Waals surface area (Å²) >= 11 is 0. The van der Waals surface area contributed by atoms with Gasteiger partial charge >= 0.3 is 5.69 Å². The Bertz CT molecular complexity index is 816. The van der Waals surface area contributed by atoms with Gasteiger partial charge in [-0.1, -0.05) is 6.92 Å². The molecule has 1 aliphatic carbocycles. The molecule has 1 N–H and O–H groups in total. The minimum absolute atomic E-state index is 0.0794. The lowest BCUT2D eigenvalue weighted by Crippen LogP contribution is -2.33. The first-order valence-electron chi connectivity index (χ1n) is 7.72. The lowest BCUT2D eigenvalue weighted by Gasteiger charge is -2.04. The minimum atomic E-state index is -3.28. The van der Waals surface area contributed by atoms with E-state index in [0.717, 1.165) is 12.8 Å².